The quantitative estimate of drug-likeness (QED) is 0.181. The zero-order valence-corrected chi connectivity index (χ0v) is 24.1. The van der Waals surface area contributed by atoms with Crippen LogP contribution in [0.15, 0.2) is 103 Å². The van der Waals surface area contributed by atoms with Crippen LogP contribution in [0.25, 0.3) is 22.0 Å². The van der Waals surface area contributed by atoms with Gasteiger partial charge >= 0.3 is 0 Å². The lowest BCUT2D eigenvalue weighted by Gasteiger charge is -2.19. The van der Waals surface area contributed by atoms with Gasteiger partial charge in [-0.15, -0.1) is 0 Å². The zero-order valence-electron chi connectivity index (χ0n) is 23.4. The first kappa shape index (κ1) is 28.6. The summed E-state index contributed by atoms with van der Waals surface area (Å²) in [5.41, 5.74) is 4.43. The molecule has 0 saturated carbocycles. The van der Waals surface area contributed by atoms with E-state index in [-0.39, 0.29) is 22.5 Å². The molecule has 212 valence electrons. The molecule has 0 radical (unpaired) electrons. The van der Waals surface area contributed by atoms with Crippen molar-refractivity contribution in [1.82, 2.24) is 15.2 Å². The minimum Gasteiger partial charge on any atom is -0.354 e. The van der Waals surface area contributed by atoms with E-state index in [1.54, 1.807) is 48.0 Å². The largest absolute Gasteiger partial charge is 0.354 e. The Bertz CT molecular complexity index is 1750. The summed E-state index contributed by atoms with van der Waals surface area (Å²) in [6, 6.07) is 30.7. The number of carbonyl (C=O) groups excluding carboxylic acids is 3. The van der Waals surface area contributed by atoms with E-state index in [9.17, 15) is 14.4 Å². The molecule has 0 spiro atoms. The van der Waals surface area contributed by atoms with Gasteiger partial charge in [-0.25, -0.2) is 0 Å². The molecule has 5 aromatic rings. The van der Waals surface area contributed by atoms with Crippen molar-refractivity contribution >= 4 is 45.9 Å². The van der Waals surface area contributed by atoms with Gasteiger partial charge in [0.2, 0.25) is 5.91 Å². The second-order valence-electron chi connectivity index (χ2n) is 9.93. The van der Waals surface area contributed by atoms with Gasteiger partial charge in [0.05, 0.1) is 10.5 Å². The molecule has 0 aliphatic heterocycles. The van der Waals surface area contributed by atoms with E-state index in [2.05, 4.69) is 16.0 Å². The predicted molar refractivity (Wildman–Crippen MR) is 168 cm³/mol. The topological polar surface area (TPSA) is 92.2 Å². The monoisotopic (exact) mass is 578 g/mol. The van der Waals surface area contributed by atoms with Crippen LogP contribution in [0.1, 0.15) is 45.8 Å². The number of carbonyl (C=O) groups is 3. The Balaban J connectivity index is 1.42. The maximum Gasteiger partial charge on any atom is 0.270 e. The van der Waals surface area contributed by atoms with Gasteiger partial charge < -0.3 is 20.5 Å². The maximum absolute atomic E-state index is 13.6. The number of nitrogens with zero attached hydrogens (tertiary/aromatic N) is 1. The number of nitrogens with one attached hydrogen (secondary N) is 3. The molecule has 0 saturated heterocycles. The number of hydrogen-bond acceptors (Lipinski definition) is 3. The minimum atomic E-state index is -0.890. The fourth-order valence-electron chi connectivity index (χ4n) is 4.97. The van der Waals surface area contributed by atoms with Crippen molar-refractivity contribution in [2.24, 2.45) is 7.05 Å². The Morgan fingerprint density at radius 1 is 0.833 bits per heavy atom. The second-order valence-corrected chi connectivity index (χ2v) is 10.3. The van der Waals surface area contributed by atoms with Gasteiger partial charge in [0, 0.05) is 30.2 Å². The fourth-order valence-corrected chi connectivity index (χ4v) is 5.34. The van der Waals surface area contributed by atoms with Crippen molar-refractivity contribution in [3.05, 3.63) is 125 Å². The molecular formula is C34H31ClN4O3. The second kappa shape index (κ2) is 12.7. The number of fused-ring (bicyclic) bond motifs is 1. The summed E-state index contributed by atoms with van der Waals surface area (Å²) in [5.74, 6) is -1.05. The number of rotatable bonds is 9. The maximum atomic E-state index is 13.6. The van der Waals surface area contributed by atoms with E-state index in [1.807, 2.05) is 73.7 Å². The molecule has 42 heavy (non-hydrogen) atoms. The Morgan fingerprint density at radius 3 is 2.21 bits per heavy atom. The van der Waals surface area contributed by atoms with Gasteiger partial charge in [-0.3, -0.25) is 14.4 Å². The molecule has 4 aromatic carbocycles. The average Bonchev–Trinajstić information content (AvgIpc) is 3.27. The molecule has 3 N–H and O–H groups in total. The van der Waals surface area contributed by atoms with Crippen molar-refractivity contribution in [2.45, 2.75) is 19.4 Å². The van der Waals surface area contributed by atoms with Crippen molar-refractivity contribution < 1.29 is 14.4 Å². The normalized spacial score (nSPS) is 11.6. The van der Waals surface area contributed by atoms with Gasteiger partial charge in [-0.2, -0.15) is 0 Å². The SMILES string of the molecule is CCCNC(=O)C(NC(=O)c1c(Cl)c2cc(NC(=O)c3ccccc3-c3ccccc3)ccc2n1C)c1ccccc1. The molecule has 1 heterocycles. The lowest BCUT2D eigenvalue weighted by Crippen LogP contribution is -2.41. The zero-order chi connectivity index (χ0) is 29.6. The van der Waals surface area contributed by atoms with Gasteiger partial charge in [-0.1, -0.05) is 97.4 Å². The highest BCUT2D eigenvalue weighted by Gasteiger charge is 2.27. The molecule has 7 nitrogen and oxygen atoms in total. The Labute approximate surface area is 249 Å². The molecule has 3 amide bonds. The summed E-state index contributed by atoms with van der Waals surface area (Å²) < 4.78 is 1.69. The molecule has 0 aliphatic carbocycles. The lowest BCUT2D eigenvalue weighted by atomic mass is 9.99. The smallest absolute Gasteiger partial charge is 0.270 e. The number of aryl methyl sites for hydroxylation is 1. The van der Waals surface area contributed by atoms with Crippen LogP contribution >= 0.6 is 11.6 Å². The molecule has 0 bridgehead atoms. The molecular weight excluding hydrogens is 548 g/mol. The third-order valence-electron chi connectivity index (χ3n) is 7.09. The third kappa shape index (κ3) is 5.92. The van der Waals surface area contributed by atoms with Crippen LogP contribution in [-0.4, -0.2) is 28.8 Å². The van der Waals surface area contributed by atoms with Crippen molar-refractivity contribution in [2.75, 3.05) is 11.9 Å². The lowest BCUT2D eigenvalue weighted by molar-refractivity contribution is -0.123. The summed E-state index contributed by atoms with van der Waals surface area (Å²) in [4.78, 5) is 39.9. The number of anilines is 1. The number of halogens is 1. The van der Waals surface area contributed by atoms with Gasteiger partial charge in [0.15, 0.2) is 0 Å². The standard InChI is InChI=1S/C34H31ClN4O3/c1-3-20-36-33(41)30(23-14-8-5-9-15-23)38-34(42)31-29(35)27-21-24(18-19-28(27)39(31)2)37-32(40)26-17-11-10-16-25(26)22-12-6-4-7-13-22/h4-19,21,30H,3,20H2,1-2H3,(H,36,41)(H,37,40)(H,38,42). The Hall–Kier alpha value is -4.88. The van der Waals surface area contributed by atoms with E-state index in [4.69, 9.17) is 11.6 Å². The molecule has 8 heteroatoms. The third-order valence-corrected chi connectivity index (χ3v) is 7.47. The Morgan fingerprint density at radius 2 is 1.50 bits per heavy atom. The molecule has 0 fully saturated rings. The van der Waals surface area contributed by atoms with Gasteiger partial charge in [0.25, 0.3) is 11.8 Å². The first-order chi connectivity index (χ1) is 20.4. The highest BCUT2D eigenvalue weighted by molar-refractivity contribution is 6.39. The van der Waals surface area contributed by atoms with Crippen LogP contribution in [-0.2, 0) is 11.8 Å². The average molecular weight is 579 g/mol. The molecule has 0 aliphatic rings. The number of hydrogen-bond donors (Lipinski definition) is 3. The van der Waals surface area contributed by atoms with Crippen molar-refractivity contribution in [1.29, 1.82) is 0 Å². The van der Waals surface area contributed by atoms with Crippen LogP contribution in [0.4, 0.5) is 5.69 Å². The van der Waals surface area contributed by atoms with E-state index >= 15 is 0 Å². The fraction of sp³-hybridized carbons (Fsp3) is 0.147. The summed E-state index contributed by atoms with van der Waals surface area (Å²) in [7, 11) is 1.74. The molecule has 5 rings (SSSR count). The summed E-state index contributed by atoms with van der Waals surface area (Å²) >= 11 is 6.79. The van der Waals surface area contributed by atoms with Gasteiger partial charge in [0.1, 0.15) is 11.7 Å². The van der Waals surface area contributed by atoms with Crippen LogP contribution < -0.4 is 16.0 Å². The van der Waals surface area contributed by atoms with Crippen LogP contribution in [0.5, 0.6) is 0 Å². The molecule has 1 atom stereocenters. The first-order valence-electron chi connectivity index (χ1n) is 13.8. The van der Waals surface area contributed by atoms with Crippen molar-refractivity contribution in [3.63, 3.8) is 0 Å². The first-order valence-corrected chi connectivity index (χ1v) is 14.1. The summed E-state index contributed by atoms with van der Waals surface area (Å²) in [5, 5.41) is 9.53. The highest BCUT2D eigenvalue weighted by atomic mass is 35.5. The number of aromatic nitrogens is 1. The predicted octanol–water partition coefficient (Wildman–Crippen LogP) is 6.75. The van der Waals surface area contributed by atoms with Crippen LogP contribution in [0.2, 0.25) is 5.02 Å². The van der Waals surface area contributed by atoms with Crippen LogP contribution in [0, 0.1) is 0 Å². The Kier molecular flexibility index (Phi) is 8.69. The molecule has 1 aromatic heterocycles. The van der Waals surface area contributed by atoms with E-state index in [0.717, 1.165) is 17.5 Å². The van der Waals surface area contributed by atoms with E-state index in [0.29, 0.717) is 34.3 Å². The van der Waals surface area contributed by atoms with Crippen LogP contribution in [0.3, 0.4) is 0 Å². The van der Waals surface area contributed by atoms with E-state index in [1.165, 1.54) is 0 Å². The highest BCUT2D eigenvalue weighted by Crippen LogP contribution is 2.33. The van der Waals surface area contributed by atoms with Gasteiger partial charge in [-0.05, 0) is 47.4 Å². The van der Waals surface area contributed by atoms with E-state index < -0.39 is 11.9 Å². The molecule has 1 unspecified atom stereocenters. The summed E-state index contributed by atoms with van der Waals surface area (Å²) in [6.07, 6.45) is 0.771. The summed E-state index contributed by atoms with van der Waals surface area (Å²) in [6.45, 7) is 2.46. The number of amides is 3. The number of benzene rings is 4. The minimum absolute atomic E-state index is 0.216. The van der Waals surface area contributed by atoms with Crippen molar-refractivity contribution in [3.8, 4) is 11.1 Å².